The smallest absolute Gasteiger partial charge is 0.231 e. The predicted octanol–water partition coefficient (Wildman–Crippen LogP) is 3.47. The Kier molecular flexibility index (Phi) is 5.61. The van der Waals surface area contributed by atoms with Crippen LogP contribution in [0.3, 0.4) is 0 Å². The maximum Gasteiger partial charge on any atom is 0.231 e. The van der Waals surface area contributed by atoms with Crippen molar-refractivity contribution in [2.75, 3.05) is 12.4 Å². The molecule has 8 nitrogen and oxygen atoms in total. The zero-order valence-corrected chi connectivity index (χ0v) is 17.6. The highest BCUT2D eigenvalue weighted by Gasteiger charge is 2.08. The Morgan fingerprint density at radius 2 is 1.90 bits per heavy atom. The topological polar surface area (TPSA) is 82.2 Å². The van der Waals surface area contributed by atoms with Crippen LogP contribution in [0.5, 0.6) is 5.75 Å². The summed E-state index contributed by atoms with van der Waals surface area (Å²) in [6.45, 7) is 5.98. The molecule has 3 heterocycles. The molecule has 0 amide bonds. The van der Waals surface area contributed by atoms with Crippen LogP contribution < -0.4 is 15.7 Å². The Balaban J connectivity index is 1.60. The van der Waals surface area contributed by atoms with Crippen molar-refractivity contribution in [2.24, 2.45) is 12.0 Å². The van der Waals surface area contributed by atoms with Crippen LogP contribution in [-0.2, 0) is 7.05 Å². The average molecular weight is 413 g/mol. The first kappa shape index (κ1) is 20.1. The molecule has 4 aromatic rings. The first-order chi connectivity index (χ1) is 15.0. The van der Waals surface area contributed by atoms with Crippen molar-refractivity contribution in [1.82, 2.24) is 24.1 Å². The molecule has 0 aliphatic rings. The lowest BCUT2D eigenvalue weighted by atomic mass is 10.2. The Labute approximate surface area is 180 Å². The lowest BCUT2D eigenvalue weighted by Crippen LogP contribution is -2.23. The molecule has 0 saturated carbocycles. The lowest BCUT2D eigenvalue weighted by molar-refractivity contribution is 0.413. The lowest BCUT2D eigenvalue weighted by Gasteiger charge is -2.13. The summed E-state index contributed by atoms with van der Waals surface area (Å²) >= 11 is 0. The second-order valence-electron chi connectivity index (χ2n) is 6.92. The number of hydrogen-bond acceptors (Lipinski definition) is 6. The summed E-state index contributed by atoms with van der Waals surface area (Å²) in [5, 5.41) is 3.21. The molecule has 1 N–H and O–H groups in total. The van der Waals surface area contributed by atoms with Crippen LogP contribution in [0, 0.1) is 6.92 Å². The van der Waals surface area contributed by atoms with Gasteiger partial charge in [-0.3, -0.25) is 4.98 Å². The number of imidazole rings is 1. The first-order valence-corrected chi connectivity index (χ1v) is 9.67. The minimum absolute atomic E-state index is 0.461. The van der Waals surface area contributed by atoms with Crippen LogP contribution in [0.15, 0.2) is 84.9 Å². The monoisotopic (exact) mass is 413 g/mol. The van der Waals surface area contributed by atoms with Crippen molar-refractivity contribution in [3.63, 3.8) is 0 Å². The number of ether oxygens (including phenoxy) is 1. The Bertz CT molecular complexity index is 1290. The molecule has 0 fully saturated rings. The molecule has 4 rings (SSSR count). The van der Waals surface area contributed by atoms with Gasteiger partial charge in [0.1, 0.15) is 11.6 Å². The fraction of sp³-hybridized carbons (Fsp3) is 0.130. The van der Waals surface area contributed by atoms with E-state index in [4.69, 9.17) is 4.74 Å². The number of anilines is 1. The van der Waals surface area contributed by atoms with Gasteiger partial charge in [-0.05, 0) is 37.3 Å². The molecule has 0 aliphatic heterocycles. The normalized spacial score (nSPS) is 11.4. The van der Waals surface area contributed by atoms with E-state index < -0.39 is 0 Å². The van der Waals surface area contributed by atoms with Gasteiger partial charge in [0.05, 0.1) is 30.5 Å². The number of nitrogens with zero attached hydrogens (tertiary/aromatic N) is 6. The van der Waals surface area contributed by atoms with E-state index in [0.717, 1.165) is 28.3 Å². The highest BCUT2D eigenvalue weighted by Crippen LogP contribution is 2.27. The highest BCUT2D eigenvalue weighted by molar-refractivity contribution is 5.60. The highest BCUT2D eigenvalue weighted by atomic mass is 16.5. The van der Waals surface area contributed by atoms with Crippen LogP contribution in [0.2, 0.25) is 0 Å². The van der Waals surface area contributed by atoms with Gasteiger partial charge in [0.15, 0.2) is 0 Å². The minimum Gasteiger partial charge on any atom is -0.494 e. The third-order valence-corrected chi connectivity index (χ3v) is 4.75. The van der Waals surface area contributed by atoms with E-state index in [2.05, 4.69) is 31.8 Å². The maximum absolute atomic E-state index is 5.56. The van der Waals surface area contributed by atoms with Crippen molar-refractivity contribution in [2.45, 2.75) is 6.92 Å². The standard InChI is InChI=1S/C23H23N7O/c1-16-14-30(15-26-16)21-6-5-19(13-22(21)31-4)27-17(2)28-23-25-12-9-20(29(23)3)18-7-10-24-11-8-18/h5-15,27H,2H2,1,3-4H3/b28-23-. The van der Waals surface area contributed by atoms with E-state index in [1.54, 1.807) is 32.0 Å². The molecule has 0 aliphatic carbocycles. The summed E-state index contributed by atoms with van der Waals surface area (Å²) in [4.78, 5) is 17.3. The number of benzene rings is 1. The second-order valence-corrected chi connectivity index (χ2v) is 6.92. The first-order valence-electron chi connectivity index (χ1n) is 9.67. The predicted molar refractivity (Wildman–Crippen MR) is 120 cm³/mol. The van der Waals surface area contributed by atoms with Gasteiger partial charge in [-0.2, -0.15) is 4.99 Å². The summed E-state index contributed by atoms with van der Waals surface area (Å²) in [5.41, 5.74) is 5.18. The zero-order valence-electron chi connectivity index (χ0n) is 17.6. The molecule has 31 heavy (non-hydrogen) atoms. The number of pyridine rings is 1. The van der Waals surface area contributed by atoms with Crippen molar-refractivity contribution in [3.05, 3.63) is 91.2 Å². The van der Waals surface area contributed by atoms with Crippen molar-refractivity contribution in [1.29, 1.82) is 0 Å². The van der Waals surface area contributed by atoms with Gasteiger partial charge in [0.2, 0.25) is 5.62 Å². The average Bonchev–Trinajstić information content (AvgIpc) is 3.21. The van der Waals surface area contributed by atoms with Crippen LogP contribution in [0.1, 0.15) is 5.69 Å². The van der Waals surface area contributed by atoms with E-state index >= 15 is 0 Å². The molecular weight excluding hydrogens is 390 g/mol. The van der Waals surface area contributed by atoms with Gasteiger partial charge in [-0.1, -0.05) is 6.58 Å². The van der Waals surface area contributed by atoms with Crippen LogP contribution in [0.25, 0.3) is 16.9 Å². The Morgan fingerprint density at radius 3 is 2.61 bits per heavy atom. The van der Waals surface area contributed by atoms with Crippen LogP contribution in [0.4, 0.5) is 5.69 Å². The SMILES string of the molecule is C=C(/N=c1/nccc(-c2ccncc2)n1C)Nc1ccc(-n2cnc(C)c2)c(OC)c1. The van der Waals surface area contributed by atoms with Gasteiger partial charge in [-0.15, -0.1) is 0 Å². The Hall–Kier alpha value is -4.20. The number of aromatic nitrogens is 5. The number of hydrogen-bond donors (Lipinski definition) is 1. The van der Waals surface area contributed by atoms with Gasteiger partial charge in [-0.25, -0.2) is 9.97 Å². The molecular formula is C23H23N7O. The van der Waals surface area contributed by atoms with E-state index in [9.17, 15) is 0 Å². The van der Waals surface area contributed by atoms with E-state index in [-0.39, 0.29) is 0 Å². The summed E-state index contributed by atoms with van der Waals surface area (Å²) in [6.07, 6.45) is 8.95. The summed E-state index contributed by atoms with van der Waals surface area (Å²) in [5.74, 6) is 1.17. The molecule has 3 aromatic heterocycles. The number of methoxy groups -OCH3 is 1. The fourth-order valence-corrected chi connectivity index (χ4v) is 3.23. The molecule has 0 unspecified atom stereocenters. The molecule has 0 bridgehead atoms. The van der Waals surface area contributed by atoms with Crippen LogP contribution >= 0.6 is 0 Å². The molecule has 0 saturated heterocycles. The summed E-state index contributed by atoms with van der Waals surface area (Å²) in [6, 6.07) is 11.6. The maximum atomic E-state index is 5.56. The fourth-order valence-electron chi connectivity index (χ4n) is 3.23. The van der Waals surface area contributed by atoms with Crippen molar-refractivity contribution >= 4 is 5.69 Å². The summed E-state index contributed by atoms with van der Waals surface area (Å²) in [7, 11) is 3.56. The van der Waals surface area contributed by atoms with E-state index in [1.807, 2.05) is 65.7 Å². The summed E-state index contributed by atoms with van der Waals surface area (Å²) < 4.78 is 9.40. The largest absolute Gasteiger partial charge is 0.494 e. The number of aryl methyl sites for hydroxylation is 1. The van der Waals surface area contributed by atoms with E-state index in [0.29, 0.717) is 17.2 Å². The molecule has 0 spiro atoms. The number of rotatable bonds is 6. The molecule has 0 atom stereocenters. The van der Waals surface area contributed by atoms with E-state index in [1.165, 1.54) is 0 Å². The quantitative estimate of drug-likeness (QED) is 0.523. The van der Waals surface area contributed by atoms with Gasteiger partial charge in [0, 0.05) is 49.2 Å². The Morgan fingerprint density at radius 1 is 1.10 bits per heavy atom. The molecule has 8 heteroatoms. The molecule has 156 valence electrons. The van der Waals surface area contributed by atoms with Crippen molar-refractivity contribution < 1.29 is 4.74 Å². The third-order valence-electron chi connectivity index (χ3n) is 4.75. The van der Waals surface area contributed by atoms with Gasteiger partial charge < -0.3 is 19.2 Å². The third kappa shape index (κ3) is 4.37. The molecule has 0 radical (unpaired) electrons. The zero-order chi connectivity index (χ0) is 21.8. The van der Waals surface area contributed by atoms with Gasteiger partial charge in [0.25, 0.3) is 0 Å². The number of nitrogens with one attached hydrogen (secondary N) is 1. The van der Waals surface area contributed by atoms with Crippen molar-refractivity contribution in [3.8, 4) is 22.7 Å². The molecule has 1 aromatic carbocycles. The van der Waals surface area contributed by atoms with Gasteiger partial charge >= 0.3 is 0 Å². The van der Waals surface area contributed by atoms with Crippen LogP contribution in [-0.4, -0.2) is 31.2 Å². The second kappa shape index (κ2) is 8.66. The minimum atomic E-state index is 0.461.